The number of carbonyl (C=O) groups excluding carboxylic acids is 3. The number of carbonyl (C=O) groups is 3. The van der Waals surface area contributed by atoms with Crippen LogP contribution in [0.2, 0.25) is 5.02 Å². The van der Waals surface area contributed by atoms with E-state index in [4.69, 9.17) is 27.9 Å². The molecule has 0 saturated heterocycles. The summed E-state index contributed by atoms with van der Waals surface area (Å²) in [7, 11) is 0. The molecule has 3 aliphatic rings. The van der Waals surface area contributed by atoms with Gasteiger partial charge in [-0.05, 0) is 18.2 Å². The van der Waals surface area contributed by atoms with Gasteiger partial charge in [-0.15, -0.1) is 0 Å². The number of Topliss-reactive ketones (excluding diaryl/α,β-unsaturated/α-hetero) is 2. The maximum atomic E-state index is 12.7. The number of aromatic hydroxyl groups is 1. The third kappa shape index (κ3) is 2.83. The smallest absolute Gasteiger partial charge is 0.290 e. The Balaban J connectivity index is 1.77. The van der Waals surface area contributed by atoms with Crippen LogP contribution >= 0.6 is 23.2 Å². The summed E-state index contributed by atoms with van der Waals surface area (Å²) < 4.78 is 5.37. The van der Waals surface area contributed by atoms with Gasteiger partial charge < -0.3 is 25.4 Å². The van der Waals surface area contributed by atoms with Gasteiger partial charge in [-0.25, -0.2) is 0 Å². The zero-order valence-electron chi connectivity index (χ0n) is 14.6. The van der Waals surface area contributed by atoms with E-state index in [2.05, 4.69) is 5.32 Å². The summed E-state index contributed by atoms with van der Waals surface area (Å²) in [4.78, 5) is 36.9. The SMILES string of the molecule is O=C1CCC(O)=C1NC(=O)C1=CC2=C(Cl)C(=O)c3c(O)ccc(Cl)c3[C@]2(O)CO1. The lowest BCUT2D eigenvalue weighted by molar-refractivity contribution is -0.124. The van der Waals surface area contributed by atoms with Crippen LogP contribution in [0.5, 0.6) is 5.75 Å². The fourth-order valence-electron chi connectivity index (χ4n) is 3.53. The Morgan fingerprint density at radius 1 is 1.17 bits per heavy atom. The summed E-state index contributed by atoms with van der Waals surface area (Å²) in [6.45, 7) is -0.528. The third-order valence-corrected chi connectivity index (χ3v) is 5.68. The van der Waals surface area contributed by atoms with Crippen LogP contribution in [0, 0.1) is 0 Å². The number of ketones is 2. The molecule has 1 amide bonds. The molecule has 0 fully saturated rings. The Kier molecular flexibility index (Phi) is 4.45. The number of nitrogens with one attached hydrogen (secondary N) is 1. The monoisotopic (exact) mass is 437 g/mol. The lowest BCUT2D eigenvalue weighted by atomic mass is 9.76. The van der Waals surface area contributed by atoms with Crippen LogP contribution < -0.4 is 5.32 Å². The van der Waals surface area contributed by atoms with Gasteiger partial charge in [0.1, 0.15) is 23.8 Å². The zero-order valence-corrected chi connectivity index (χ0v) is 16.1. The van der Waals surface area contributed by atoms with Crippen molar-refractivity contribution in [2.75, 3.05) is 6.61 Å². The second-order valence-corrected chi connectivity index (χ2v) is 7.51. The van der Waals surface area contributed by atoms with Crippen molar-refractivity contribution in [2.45, 2.75) is 18.4 Å². The number of ether oxygens (including phenoxy) is 1. The average molecular weight is 438 g/mol. The number of phenols is 1. The zero-order chi connectivity index (χ0) is 21.1. The quantitative estimate of drug-likeness (QED) is 0.556. The normalized spacial score (nSPS) is 23.5. The number of hydrogen-bond acceptors (Lipinski definition) is 7. The van der Waals surface area contributed by atoms with Crippen molar-refractivity contribution >= 4 is 40.7 Å². The van der Waals surface area contributed by atoms with Crippen molar-refractivity contribution in [1.82, 2.24) is 5.32 Å². The molecule has 1 atom stereocenters. The molecular weight excluding hydrogens is 425 g/mol. The second-order valence-electron chi connectivity index (χ2n) is 6.73. The highest BCUT2D eigenvalue weighted by Crippen LogP contribution is 2.49. The number of amides is 1. The molecule has 150 valence electrons. The molecule has 1 aliphatic heterocycles. The number of allylic oxidation sites excluding steroid dienone is 3. The van der Waals surface area contributed by atoms with Crippen molar-refractivity contribution in [2.24, 2.45) is 0 Å². The fraction of sp³-hybridized carbons (Fsp3) is 0.211. The third-order valence-electron chi connectivity index (χ3n) is 4.99. The molecule has 1 heterocycles. The van der Waals surface area contributed by atoms with Gasteiger partial charge >= 0.3 is 0 Å². The van der Waals surface area contributed by atoms with E-state index in [0.717, 1.165) is 6.08 Å². The molecule has 1 aromatic carbocycles. The minimum absolute atomic E-state index is 0.00634. The van der Waals surface area contributed by atoms with Crippen LogP contribution in [0.3, 0.4) is 0 Å². The van der Waals surface area contributed by atoms with Crippen LogP contribution in [-0.2, 0) is 19.9 Å². The van der Waals surface area contributed by atoms with Crippen molar-refractivity contribution in [3.05, 3.63) is 62.2 Å². The first kappa shape index (κ1) is 19.5. The van der Waals surface area contributed by atoms with Crippen molar-refractivity contribution in [3.63, 3.8) is 0 Å². The molecule has 0 spiro atoms. The van der Waals surface area contributed by atoms with Gasteiger partial charge in [0, 0.05) is 29.0 Å². The number of aliphatic hydroxyl groups is 2. The number of hydrogen-bond donors (Lipinski definition) is 4. The van der Waals surface area contributed by atoms with E-state index >= 15 is 0 Å². The van der Waals surface area contributed by atoms with Crippen molar-refractivity contribution < 1.29 is 34.4 Å². The lowest BCUT2D eigenvalue weighted by Gasteiger charge is -2.38. The molecule has 4 rings (SSSR count). The van der Waals surface area contributed by atoms with Crippen LogP contribution in [0.4, 0.5) is 0 Å². The van der Waals surface area contributed by atoms with E-state index in [1.54, 1.807) is 0 Å². The highest BCUT2D eigenvalue weighted by Gasteiger charge is 2.49. The van der Waals surface area contributed by atoms with Gasteiger partial charge in [0.15, 0.2) is 17.1 Å². The summed E-state index contributed by atoms with van der Waals surface area (Å²) in [5.74, 6) is -3.03. The van der Waals surface area contributed by atoms with E-state index in [9.17, 15) is 29.7 Å². The molecule has 0 aromatic heterocycles. The molecule has 8 nitrogen and oxygen atoms in total. The average Bonchev–Trinajstić information content (AvgIpc) is 2.99. The summed E-state index contributed by atoms with van der Waals surface area (Å²) in [6, 6.07) is 2.51. The predicted octanol–water partition coefficient (Wildman–Crippen LogP) is 2.09. The van der Waals surface area contributed by atoms with Crippen molar-refractivity contribution in [1.29, 1.82) is 0 Å². The van der Waals surface area contributed by atoms with Gasteiger partial charge in [0.05, 0.1) is 10.6 Å². The Morgan fingerprint density at radius 3 is 2.55 bits per heavy atom. The molecule has 29 heavy (non-hydrogen) atoms. The molecule has 0 bridgehead atoms. The van der Waals surface area contributed by atoms with E-state index < -0.39 is 40.5 Å². The second kappa shape index (κ2) is 6.62. The largest absolute Gasteiger partial charge is 0.510 e. The first-order valence-electron chi connectivity index (χ1n) is 8.45. The van der Waals surface area contributed by atoms with E-state index in [-0.39, 0.29) is 51.8 Å². The first-order valence-corrected chi connectivity index (χ1v) is 9.21. The van der Waals surface area contributed by atoms with Gasteiger partial charge in [0.25, 0.3) is 5.91 Å². The number of benzene rings is 1. The van der Waals surface area contributed by atoms with Gasteiger partial charge in [0.2, 0.25) is 5.78 Å². The number of halogens is 2. The standard InChI is InChI=1S/C19H13Cl2NO7/c20-8-1-2-9(23)13-14(8)19(28)6-29-12(5-7(19)15(21)17(13)26)18(27)22-16-10(24)3-4-11(16)25/h1-2,5,23-24,28H,3-4,6H2,(H,22,27)/t19-/m0/s1. The maximum absolute atomic E-state index is 12.7. The molecule has 0 saturated carbocycles. The first-order chi connectivity index (χ1) is 13.6. The van der Waals surface area contributed by atoms with Crippen LogP contribution in [-0.4, -0.2) is 39.4 Å². The minimum atomic E-state index is -1.98. The molecular formula is C19H13Cl2NO7. The Bertz CT molecular complexity index is 1100. The number of aliphatic hydroxyl groups excluding tert-OH is 1. The summed E-state index contributed by atoms with van der Waals surface area (Å²) >= 11 is 12.3. The van der Waals surface area contributed by atoms with Crippen LogP contribution in [0.15, 0.2) is 46.0 Å². The van der Waals surface area contributed by atoms with Gasteiger partial charge in [-0.3, -0.25) is 14.4 Å². The topological polar surface area (TPSA) is 133 Å². The van der Waals surface area contributed by atoms with E-state index in [1.165, 1.54) is 12.1 Å². The molecule has 0 unspecified atom stereocenters. The van der Waals surface area contributed by atoms with E-state index in [0.29, 0.717) is 0 Å². The Hall–Kier alpha value is -2.81. The minimum Gasteiger partial charge on any atom is -0.510 e. The Morgan fingerprint density at radius 2 is 1.90 bits per heavy atom. The molecule has 0 radical (unpaired) electrons. The van der Waals surface area contributed by atoms with Crippen molar-refractivity contribution in [3.8, 4) is 5.75 Å². The molecule has 1 aromatic rings. The van der Waals surface area contributed by atoms with Crippen LogP contribution in [0.25, 0.3) is 0 Å². The summed E-state index contributed by atoms with van der Waals surface area (Å²) in [6.07, 6.45) is 1.27. The number of phenolic OH excluding ortho intramolecular Hbond substituents is 1. The number of rotatable bonds is 2. The summed E-state index contributed by atoms with van der Waals surface area (Å²) in [5.41, 5.74) is -2.66. The Labute approximate surface area is 173 Å². The summed E-state index contributed by atoms with van der Waals surface area (Å²) in [5, 5.41) is 32.9. The van der Waals surface area contributed by atoms with E-state index in [1.807, 2.05) is 0 Å². The molecule has 2 aliphatic carbocycles. The highest BCUT2D eigenvalue weighted by molar-refractivity contribution is 6.47. The highest BCUT2D eigenvalue weighted by atomic mass is 35.5. The molecule has 4 N–H and O–H groups in total. The predicted molar refractivity (Wildman–Crippen MR) is 100 cm³/mol. The van der Waals surface area contributed by atoms with Gasteiger partial charge in [-0.1, -0.05) is 23.2 Å². The number of fused-ring (bicyclic) bond motifs is 3. The lowest BCUT2D eigenvalue weighted by Crippen LogP contribution is -2.43. The fourth-order valence-corrected chi connectivity index (χ4v) is 4.15. The van der Waals surface area contributed by atoms with Gasteiger partial charge in [-0.2, -0.15) is 0 Å². The maximum Gasteiger partial charge on any atom is 0.290 e. The van der Waals surface area contributed by atoms with Crippen LogP contribution in [0.1, 0.15) is 28.8 Å². The molecule has 10 heteroatoms.